The molecule has 1 unspecified atom stereocenters. The summed E-state index contributed by atoms with van der Waals surface area (Å²) in [5.41, 5.74) is 4.04. The van der Waals surface area contributed by atoms with Crippen LogP contribution < -0.4 is 10.9 Å². The summed E-state index contributed by atoms with van der Waals surface area (Å²) < 4.78 is 6.17. The monoisotopic (exact) mass is 749 g/mol. The number of allylic oxidation sites excluding steroid dienone is 3. The number of benzene rings is 7. The van der Waals surface area contributed by atoms with Crippen molar-refractivity contribution in [1.29, 1.82) is 0 Å². The van der Waals surface area contributed by atoms with Crippen LogP contribution in [0.15, 0.2) is 195 Å². The van der Waals surface area contributed by atoms with Gasteiger partial charge in [-0.3, -0.25) is 0 Å². The maximum Gasteiger partial charge on any atom is 0.176 e. The first kappa shape index (κ1) is 34.8. The summed E-state index contributed by atoms with van der Waals surface area (Å²) in [7, 11) is 11.3. The van der Waals surface area contributed by atoms with Gasteiger partial charge in [-0.15, -0.1) is 0 Å². The third kappa shape index (κ3) is 5.96. The molecule has 0 bridgehead atoms. The summed E-state index contributed by atoms with van der Waals surface area (Å²) in [6.45, 7) is 0. The number of hydrogen-bond acceptors (Lipinski definition) is 5. The van der Waals surface area contributed by atoms with Crippen molar-refractivity contribution in [1.82, 2.24) is 15.0 Å². The smallest absolute Gasteiger partial charge is 0.176 e. The van der Waals surface area contributed by atoms with Crippen molar-refractivity contribution in [2.45, 2.75) is 26.4 Å². The molecule has 0 saturated heterocycles. The maximum absolute atomic E-state index is 10.8. The van der Waals surface area contributed by atoms with Crippen LogP contribution in [0.4, 0.5) is 0 Å². The number of nitrogens with zero attached hydrogens (tertiary/aromatic N) is 3. The van der Waals surface area contributed by atoms with Gasteiger partial charge in [-0.1, -0.05) is 132 Å². The van der Waals surface area contributed by atoms with Gasteiger partial charge in [0.05, 0.1) is 0 Å². The summed E-state index contributed by atoms with van der Waals surface area (Å²) in [5.74, 6) is 1.39. The SMILES string of the molecule is [B]c1cc(O)c2oc3ccc([B])c(-c4nc(C5=CCC(S(c6ccccc6)(c6ccccc6)c6ccccc6)C=C5)nc(-c5ccc6ccccc6c5)n4)c3c2c1. The number of phenols is 1. The Morgan fingerprint density at radius 1 is 0.614 bits per heavy atom. The highest BCUT2D eigenvalue weighted by Gasteiger charge is 2.38. The minimum Gasteiger partial charge on any atom is -0.504 e. The lowest BCUT2D eigenvalue weighted by Crippen LogP contribution is -2.20. The highest BCUT2D eigenvalue weighted by molar-refractivity contribution is 8.34. The molecule has 268 valence electrons. The van der Waals surface area contributed by atoms with Gasteiger partial charge in [-0.05, 0) is 86.5 Å². The zero-order chi connectivity index (χ0) is 38.5. The second-order valence-corrected chi connectivity index (χ2v) is 17.5. The van der Waals surface area contributed by atoms with Crippen LogP contribution in [0.3, 0.4) is 0 Å². The number of aromatic nitrogens is 3. The van der Waals surface area contributed by atoms with E-state index in [0.29, 0.717) is 55.9 Å². The Balaban J connectivity index is 1.16. The van der Waals surface area contributed by atoms with Gasteiger partial charge in [-0.2, -0.15) is 10.0 Å². The van der Waals surface area contributed by atoms with Gasteiger partial charge in [-0.25, -0.2) is 15.0 Å². The van der Waals surface area contributed by atoms with Crippen LogP contribution in [0.1, 0.15) is 12.2 Å². The van der Waals surface area contributed by atoms with E-state index >= 15 is 0 Å². The standard InChI is InChI=1S/C49H33B2N3O2S/c50-35-29-40-44-43(56-46(40)42(55)30-35)27-26-41(51)45(44)49-53-47(52-48(54-49)34-21-20-31-12-10-11-13-33(31)28-34)32-22-24-39(25-23-32)57(36-14-4-1-5-15-36,37-16-6-2-7-17-37)38-18-8-3-9-19-38/h1-24,26-30,39,55H,25H2. The third-order valence-electron chi connectivity index (χ3n) is 10.8. The van der Waals surface area contributed by atoms with E-state index in [-0.39, 0.29) is 11.0 Å². The number of fused-ring (bicyclic) bond motifs is 4. The summed E-state index contributed by atoms with van der Waals surface area (Å²) in [6, 6.07) is 54.0. The van der Waals surface area contributed by atoms with Crippen LogP contribution in [0.5, 0.6) is 5.75 Å². The second-order valence-electron chi connectivity index (χ2n) is 14.2. The van der Waals surface area contributed by atoms with Gasteiger partial charge in [0.15, 0.2) is 28.8 Å². The Morgan fingerprint density at radius 2 is 1.23 bits per heavy atom. The normalized spacial score (nSPS) is 14.6. The predicted octanol–water partition coefficient (Wildman–Crippen LogP) is 10.2. The van der Waals surface area contributed by atoms with Crippen molar-refractivity contribution in [3.8, 4) is 28.5 Å². The Bertz CT molecular complexity index is 2940. The van der Waals surface area contributed by atoms with Crippen LogP contribution in [-0.2, 0) is 0 Å². The molecule has 2 aromatic heterocycles. The van der Waals surface area contributed by atoms with Crippen molar-refractivity contribution >= 4 is 74.9 Å². The molecule has 0 fully saturated rings. The molecule has 2 heterocycles. The number of hydrogen-bond donors (Lipinski definition) is 1. The molecule has 1 aliphatic rings. The van der Waals surface area contributed by atoms with Crippen LogP contribution in [-0.4, -0.2) is 41.0 Å². The van der Waals surface area contributed by atoms with Gasteiger partial charge >= 0.3 is 0 Å². The first-order valence-corrected chi connectivity index (χ1v) is 20.5. The quantitative estimate of drug-likeness (QED) is 0.164. The lowest BCUT2D eigenvalue weighted by molar-refractivity contribution is 0.469. The van der Waals surface area contributed by atoms with Gasteiger partial charge in [0.1, 0.15) is 21.3 Å². The Morgan fingerprint density at radius 3 is 1.88 bits per heavy atom. The van der Waals surface area contributed by atoms with Gasteiger partial charge < -0.3 is 9.52 Å². The molecule has 57 heavy (non-hydrogen) atoms. The number of furan rings is 1. The summed E-state index contributed by atoms with van der Waals surface area (Å²) >= 11 is 0. The summed E-state index contributed by atoms with van der Waals surface area (Å²) in [5, 5.41) is 14.5. The minimum atomic E-state index is -1.76. The molecule has 7 aromatic carbocycles. The average Bonchev–Trinajstić information content (AvgIpc) is 3.63. The molecule has 1 atom stereocenters. The van der Waals surface area contributed by atoms with Crippen molar-refractivity contribution in [3.63, 3.8) is 0 Å². The molecule has 9 aromatic rings. The van der Waals surface area contributed by atoms with Crippen LogP contribution in [0.25, 0.3) is 61.1 Å². The third-order valence-corrected chi connectivity index (χ3v) is 15.1. The van der Waals surface area contributed by atoms with E-state index in [4.69, 9.17) is 35.1 Å². The zero-order valence-electron chi connectivity index (χ0n) is 30.8. The van der Waals surface area contributed by atoms with Gasteiger partial charge in [0, 0.05) is 32.7 Å². The molecule has 0 spiro atoms. The summed E-state index contributed by atoms with van der Waals surface area (Å²) in [6.07, 6.45) is 7.54. The van der Waals surface area contributed by atoms with E-state index in [1.165, 1.54) is 20.8 Å². The molecule has 1 aliphatic carbocycles. The number of phenolic OH excluding ortho intramolecular Hbond substituents is 1. The lowest BCUT2D eigenvalue weighted by atomic mass is 9.86. The number of rotatable bonds is 7. The van der Waals surface area contributed by atoms with Crippen LogP contribution in [0, 0.1) is 0 Å². The Labute approximate surface area is 334 Å². The zero-order valence-corrected chi connectivity index (χ0v) is 31.6. The molecule has 10 rings (SSSR count). The lowest BCUT2D eigenvalue weighted by Gasteiger charge is -2.47. The van der Waals surface area contributed by atoms with E-state index in [1.807, 2.05) is 18.2 Å². The molecule has 0 aliphatic heterocycles. The fraction of sp³-hybridized carbons (Fsp3) is 0.0408. The second kappa shape index (κ2) is 14.1. The molecule has 0 saturated carbocycles. The van der Waals surface area contributed by atoms with E-state index in [0.717, 1.165) is 28.3 Å². The van der Waals surface area contributed by atoms with Crippen molar-refractivity contribution in [2.75, 3.05) is 0 Å². The van der Waals surface area contributed by atoms with Crippen molar-refractivity contribution in [2.24, 2.45) is 0 Å². The molecule has 0 amide bonds. The Hall–Kier alpha value is -6.63. The average molecular weight is 750 g/mol. The first-order chi connectivity index (χ1) is 28.0. The molecule has 1 N–H and O–H groups in total. The molecular formula is C49H33B2N3O2S. The molecule has 5 nitrogen and oxygen atoms in total. The van der Waals surface area contributed by atoms with E-state index < -0.39 is 10.0 Å². The fourth-order valence-corrected chi connectivity index (χ4v) is 12.5. The Kier molecular flexibility index (Phi) is 8.64. The highest BCUT2D eigenvalue weighted by Crippen LogP contribution is 2.72. The molecular weight excluding hydrogens is 716 g/mol. The molecule has 8 heteroatoms. The van der Waals surface area contributed by atoms with E-state index in [2.05, 4.69) is 133 Å². The number of aromatic hydroxyl groups is 1. The van der Waals surface area contributed by atoms with Gasteiger partial charge in [0.25, 0.3) is 0 Å². The fourth-order valence-electron chi connectivity index (χ4n) is 8.17. The van der Waals surface area contributed by atoms with E-state index in [1.54, 1.807) is 18.2 Å². The molecule has 4 radical (unpaired) electrons. The minimum absolute atomic E-state index is 0.0503. The van der Waals surface area contributed by atoms with Crippen molar-refractivity contribution in [3.05, 3.63) is 182 Å². The predicted molar refractivity (Wildman–Crippen MR) is 235 cm³/mol. The topological polar surface area (TPSA) is 72.0 Å². The van der Waals surface area contributed by atoms with Crippen molar-refractivity contribution < 1.29 is 9.52 Å². The highest BCUT2D eigenvalue weighted by atomic mass is 32.3. The van der Waals surface area contributed by atoms with Crippen LogP contribution in [0.2, 0.25) is 0 Å². The van der Waals surface area contributed by atoms with E-state index in [9.17, 15) is 5.11 Å². The summed E-state index contributed by atoms with van der Waals surface area (Å²) in [4.78, 5) is 19.3. The van der Waals surface area contributed by atoms with Crippen LogP contribution >= 0.6 is 10.0 Å². The van der Waals surface area contributed by atoms with Gasteiger partial charge in [0.2, 0.25) is 0 Å². The maximum atomic E-state index is 10.8. The first-order valence-electron chi connectivity index (χ1n) is 18.8. The largest absolute Gasteiger partial charge is 0.504 e.